The Kier molecular flexibility index (Phi) is 5.05. The van der Waals surface area contributed by atoms with Gasteiger partial charge in [-0.2, -0.15) is 14.6 Å². The first-order chi connectivity index (χ1) is 13.7. The standard InChI is InChI=1S/C21H21N5O2/c1-15(28-18-10-8-17(27-2)9-11-18)13-22-20-12-19(16-6-4-3-5-7-16)25-21-23-14-24-26(20)21/h3-12,14-15,22H,13H2,1-2H3. The van der Waals surface area contributed by atoms with Crippen LogP contribution in [0.3, 0.4) is 0 Å². The molecule has 1 unspecified atom stereocenters. The van der Waals surface area contributed by atoms with Gasteiger partial charge in [0.15, 0.2) is 0 Å². The van der Waals surface area contributed by atoms with Gasteiger partial charge >= 0.3 is 0 Å². The maximum Gasteiger partial charge on any atom is 0.254 e. The zero-order valence-electron chi connectivity index (χ0n) is 15.7. The van der Waals surface area contributed by atoms with E-state index in [-0.39, 0.29) is 6.10 Å². The van der Waals surface area contributed by atoms with Crippen LogP contribution >= 0.6 is 0 Å². The lowest BCUT2D eigenvalue weighted by atomic mass is 10.1. The molecule has 4 rings (SSSR count). The molecule has 7 heteroatoms. The Morgan fingerprint density at radius 3 is 2.54 bits per heavy atom. The Morgan fingerprint density at radius 1 is 1.04 bits per heavy atom. The van der Waals surface area contributed by atoms with E-state index in [1.165, 1.54) is 6.33 Å². The van der Waals surface area contributed by atoms with Crippen LogP contribution in [0.4, 0.5) is 5.82 Å². The first kappa shape index (κ1) is 17.8. The van der Waals surface area contributed by atoms with E-state index in [1.807, 2.05) is 67.6 Å². The molecule has 2 aromatic carbocycles. The fourth-order valence-corrected chi connectivity index (χ4v) is 2.87. The Labute approximate surface area is 163 Å². The van der Waals surface area contributed by atoms with Crippen LogP contribution < -0.4 is 14.8 Å². The van der Waals surface area contributed by atoms with Gasteiger partial charge < -0.3 is 14.8 Å². The number of anilines is 1. The first-order valence-corrected chi connectivity index (χ1v) is 9.04. The van der Waals surface area contributed by atoms with E-state index >= 15 is 0 Å². The second-order valence-corrected chi connectivity index (χ2v) is 6.35. The van der Waals surface area contributed by atoms with Crippen molar-refractivity contribution in [1.29, 1.82) is 0 Å². The van der Waals surface area contributed by atoms with Crippen molar-refractivity contribution in [3.05, 3.63) is 67.0 Å². The maximum atomic E-state index is 5.97. The summed E-state index contributed by atoms with van der Waals surface area (Å²) in [4.78, 5) is 8.82. The highest BCUT2D eigenvalue weighted by Crippen LogP contribution is 2.22. The summed E-state index contributed by atoms with van der Waals surface area (Å²) < 4.78 is 12.8. The van der Waals surface area contributed by atoms with Gasteiger partial charge in [0, 0.05) is 11.6 Å². The van der Waals surface area contributed by atoms with E-state index < -0.39 is 0 Å². The summed E-state index contributed by atoms with van der Waals surface area (Å²) in [5, 5.41) is 7.66. The van der Waals surface area contributed by atoms with Crippen molar-refractivity contribution in [3.8, 4) is 22.8 Å². The van der Waals surface area contributed by atoms with Crippen LogP contribution in [0.1, 0.15) is 6.92 Å². The van der Waals surface area contributed by atoms with Gasteiger partial charge in [0.05, 0.1) is 19.3 Å². The van der Waals surface area contributed by atoms with E-state index in [0.717, 1.165) is 28.6 Å². The molecule has 1 N–H and O–H groups in total. The number of methoxy groups -OCH3 is 1. The van der Waals surface area contributed by atoms with Crippen molar-refractivity contribution >= 4 is 11.6 Å². The van der Waals surface area contributed by atoms with Crippen molar-refractivity contribution in [2.75, 3.05) is 19.0 Å². The monoisotopic (exact) mass is 375 g/mol. The molecule has 0 amide bonds. The fraction of sp³-hybridized carbons (Fsp3) is 0.190. The summed E-state index contributed by atoms with van der Waals surface area (Å²) in [5.74, 6) is 2.96. The molecule has 0 aliphatic carbocycles. The summed E-state index contributed by atoms with van der Waals surface area (Å²) in [6, 6.07) is 19.5. The third kappa shape index (κ3) is 3.88. The molecule has 2 heterocycles. The average molecular weight is 375 g/mol. The van der Waals surface area contributed by atoms with Gasteiger partial charge in [-0.15, -0.1) is 0 Å². The van der Waals surface area contributed by atoms with Crippen LogP contribution in [0.25, 0.3) is 17.0 Å². The molecule has 4 aromatic rings. The molecule has 142 valence electrons. The summed E-state index contributed by atoms with van der Waals surface area (Å²) >= 11 is 0. The van der Waals surface area contributed by atoms with Gasteiger partial charge in [-0.05, 0) is 31.2 Å². The minimum Gasteiger partial charge on any atom is -0.497 e. The van der Waals surface area contributed by atoms with Gasteiger partial charge in [-0.3, -0.25) is 0 Å². The Balaban J connectivity index is 1.50. The van der Waals surface area contributed by atoms with E-state index in [9.17, 15) is 0 Å². The number of fused-ring (bicyclic) bond motifs is 1. The molecule has 0 radical (unpaired) electrons. The van der Waals surface area contributed by atoms with Gasteiger partial charge in [-0.25, -0.2) is 4.98 Å². The molecule has 0 aliphatic heterocycles. The van der Waals surface area contributed by atoms with Crippen molar-refractivity contribution in [2.24, 2.45) is 0 Å². The van der Waals surface area contributed by atoms with Gasteiger partial charge in [0.2, 0.25) is 0 Å². The molecule has 7 nitrogen and oxygen atoms in total. The average Bonchev–Trinajstić information content (AvgIpc) is 3.22. The van der Waals surface area contributed by atoms with E-state index in [1.54, 1.807) is 11.6 Å². The third-order valence-corrected chi connectivity index (χ3v) is 4.29. The first-order valence-electron chi connectivity index (χ1n) is 9.04. The number of hydrogen-bond donors (Lipinski definition) is 1. The highest BCUT2D eigenvalue weighted by Gasteiger charge is 2.11. The van der Waals surface area contributed by atoms with E-state index in [4.69, 9.17) is 9.47 Å². The van der Waals surface area contributed by atoms with Crippen molar-refractivity contribution < 1.29 is 9.47 Å². The maximum absolute atomic E-state index is 5.97. The summed E-state index contributed by atoms with van der Waals surface area (Å²) in [6.45, 7) is 2.61. The summed E-state index contributed by atoms with van der Waals surface area (Å²) in [7, 11) is 1.64. The number of hydrogen-bond acceptors (Lipinski definition) is 6. The fourth-order valence-electron chi connectivity index (χ4n) is 2.87. The van der Waals surface area contributed by atoms with Crippen LogP contribution in [0, 0.1) is 0 Å². The molecule has 0 aliphatic rings. The van der Waals surface area contributed by atoms with Crippen LogP contribution in [-0.4, -0.2) is 39.3 Å². The molecule has 0 spiro atoms. The van der Waals surface area contributed by atoms with Crippen LogP contribution in [0.5, 0.6) is 11.5 Å². The number of benzene rings is 2. The number of nitrogens with one attached hydrogen (secondary N) is 1. The van der Waals surface area contributed by atoms with E-state index in [0.29, 0.717) is 12.3 Å². The molecule has 2 aromatic heterocycles. The molecule has 1 atom stereocenters. The Morgan fingerprint density at radius 2 is 1.79 bits per heavy atom. The number of ether oxygens (including phenoxy) is 2. The highest BCUT2D eigenvalue weighted by molar-refractivity contribution is 5.65. The molecule has 0 saturated heterocycles. The van der Waals surface area contributed by atoms with Gasteiger partial charge in [0.25, 0.3) is 5.78 Å². The molecular formula is C21H21N5O2. The molecule has 0 bridgehead atoms. The Bertz CT molecular complexity index is 1050. The third-order valence-electron chi connectivity index (χ3n) is 4.29. The van der Waals surface area contributed by atoms with E-state index in [2.05, 4.69) is 20.4 Å². The topological polar surface area (TPSA) is 73.6 Å². The van der Waals surface area contributed by atoms with Crippen molar-refractivity contribution in [1.82, 2.24) is 19.6 Å². The smallest absolute Gasteiger partial charge is 0.254 e. The minimum absolute atomic E-state index is 0.0553. The Hall–Kier alpha value is -3.61. The lowest BCUT2D eigenvalue weighted by molar-refractivity contribution is 0.234. The van der Waals surface area contributed by atoms with Crippen LogP contribution in [0.2, 0.25) is 0 Å². The largest absolute Gasteiger partial charge is 0.497 e. The summed E-state index contributed by atoms with van der Waals surface area (Å²) in [5.41, 5.74) is 1.87. The second kappa shape index (κ2) is 7.96. The lowest BCUT2D eigenvalue weighted by Crippen LogP contribution is -2.23. The van der Waals surface area contributed by atoms with Crippen molar-refractivity contribution in [3.63, 3.8) is 0 Å². The van der Waals surface area contributed by atoms with Crippen LogP contribution in [-0.2, 0) is 0 Å². The lowest BCUT2D eigenvalue weighted by Gasteiger charge is -2.17. The SMILES string of the molecule is COc1ccc(OC(C)CNc2cc(-c3ccccc3)nc3ncnn23)cc1. The predicted molar refractivity (Wildman–Crippen MR) is 108 cm³/mol. The van der Waals surface area contributed by atoms with Gasteiger partial charge in [0.1, 0.15) is 29.7 Å². The second-order valence-electron chi connectivity index (χ2n) is 6.35. The highest BCUT2D eigenvalue weighted by atomic mass is 16.5. The predicted octanol–water partition coefficient (Wildman–Crippen LogP) is 3.68. The van der Waals surface area contributed by atoms with Gasteiger partial charge in [-0.1, -0.05) is 30.3 Å². The zero-order valence-corrected chi connectivity index (χ0v) is 15.7. The summed E-state index contributed by atoms with van der Waals surface area (Å²) in [6.07, 6.45) is 1.44. The van der Waals surface area contributed by atoms with Crippen molar-refractivity contribution in [2.45, 2.75) is 13.0 Å². The normalized spacial score (nSPS) is 11.9. The zero-order chi connectivity index (χ0) is 19.3. The quantitative estimate of drug-likeness (QED) is 0.531. The number of nitrogens with zero attached hydrogens (tertiary/aromatic N) is 4. The molecule has 0 fully saturated rings. The number of aromatic nitrogens is 4. The number of rotatable bonds is 7. The molecule has 0 saturated carbocycles. The minimum atomic E-state index is -0.0553. The van der Waals surface area contributed by atoms with Crippen LogP contribution in [0.15, 0.2) is 67.0 Å². The molecular weight excluding hydrogens is 354 g/mol. The molecule has 28 heavy (non-hydrogen) atoms.